The highest BCUT2D eigenvalue weighted by molar-refractivity contribution is 5.88. The Morgan fingerprint density at radius 1 is 1.26 bits per heavy atom. The van der Waals surface area contributed by atoms with Gasteiger partial charge in [0.05, 0.1) is 7.11 Å². The van der Waals surface area contributed by atoms with E-state index in [0.29, 0.717) is 19.3 Å². The van der Waals surface area contributed by atoms with Crippen molar-refractivity contribution in [3.8, 4) is 5.75 Å². The van der Waals surface area contributed by atoms with Crippen LogP contribution in [0.2, 0.25) is 0 Å². The van der Waals surface area contributed by atoms with Crippen LogP contribution in [-0.2, 0) is 27.2 Å². The van der Waals surface area contributed by atoms with Crippen molar-refractivity contribution in [2.45, 2.75) is 38.7 Å². The van der Waals surface area contributed by atoms with E-state index >= 15 is 0 Å². The summed E-state index contributed by atoms with van der Waals surface area (Å²) in [4.78, 5) is 23.2. The molecule has 0 fully saturated rings. The van der Waals surface area contributed by atoms with Crippen LogP contribution in [0.15, 0.2) is 18.2 Å². The zero-order valence-corrected chi connectivity index (χ0v) is 11.5. The molecule has 0 aliphatic heterocycles. The molecule has 0 saturated heterocycles. The van der Waals surface area contributed by atoms with Gasteiger partial charge in [-0.1, -0.05) is 12.1 Å². The van der Waals surface area contributed by atoms with Crippen LogP contribution < -0.4 is 4.74 Å². The van der Waals surface area contributed by atoms with Crippen LogP contribution in [0.5, 0.6) is 5.75 Å². The molecule has 1 atom stereocenters. The Morgan fingerprint density at radius 2 is 2.00 bits per heavy atom. The first-order valence-corrected chi connectivity index (χ1v) is 6.34. The van der Waals surface area contributed by atoms with E-state index in [2.05, 4.69) is 0 Å². The number of Topliss-reactive ketones (excluding diaryl/α,β-unsaturated/α-hetero) is 1. The third kappa shape index (κ3) is 2.48. The number of methoxy groups -OCH3 is 1. The molecule has 4 heteroatoms. The maximum absolute atomic E-state index is 11.9. The van der Waals surface area contributed by atoms with E-state index in [-0.39, 0.29) is 5.78 Å². The van der Waals surface area contributed by atoms with Crippen LogP contribution in [0.4, 0.5) is 0 Å². The molecule has 0 N–H and O–H groups in total. The predicted octanol–water partition coefficient (Wildman–Crippen LogP) is 2.07. The van der Waals surface area contributed by atoms with Crippen LogP contribution in [0.3, 0.4) is 0 Å². The summed E-state index contributed by atoms with van der Waals surface area (Å²) >= 11 is 0. The molecule has 0 aromatic heterocycles. The van der Waals surface area contributed by atoms with Crippen LogP contribution in [0.25, 0.3) is 0 Å². The number of fused-ring (bicyclic) bond motifs is 1. The van der Waals surface area contributed by atoms with Crippen LogP contribution >= 0.6 is 0 Å². The molecule has 1 unspecified atom stereocenters. The second kappa shape index (κ2) is 5.03. The van der Waals surface area contributed by atoms with Gasteiger partial charge in [0.15, 0.2) is 11.4 Å². The van der Waals surface area contributed by atoms with Gasteiger partial charge in [-0.25, -0.2) is 0 Å². The van der Waals surface area contributed by atoms with Gasteiger partial charge >= 0.3 is 5.97 Å². The summed E-state index contributed by atoms with van der Waals surface area (Å²) in [5.41, 5.74) is 1.11. The van der Waals surface area contributed by atoms with E-state index in [9.17, 15) is 9.59 Å². The highest BCUT2D eigenvalue weighted by Crippen LogP contribution is 2.36. The number of esters is 1. The maximum atomic E-state index is 11.9. The van der Waals surface area contributed by atoms with Gasteiger partial charge < -0.3 is 9.47 Å². The molecule has 1 aliphatic carbocycles. The molecule has 1 aromatic rings. The highest BCUT2D eigenvalue weighted by atomic mass is 16.6. The maximum Gasteiger partial charge on any atom is 0.303 e. The van der Waals surface area contributed by atoms with Gasteiger partial charge in [0, 0.05) is 13.3 Å². The standard InChI is InChI=1S/C15H18O4/c1-10(16)15(19-11(2)17)8-7-13-12(9-15)5-4-6-14(13)18-3/h4-6H,7-9H2,1-3H3. The number of rotatable bonds is 3. The van der Waals surface area contributed by atoms with Gasteiger partial charge in [-0.05, 0) is 37.0 Å². The van der Waals surface area contributed by atoms with Gasteiger partial charge in [-0.2, -0.15) is 0 Å². The number of ketones is 1. The fourth-order valence-corrected chi connectivity index (χ4v) is 2.71. The molecule has 1 aromatic carbocycles. The third-order valence-corrected chi connectivity index (χ3v) is 3.69. The molecule has 19 heavy (non-hydrogen) atoms. The summed E-state index contributed by atoms with van der Waals surface area (Å²) in [6, 6.07) is 5.76. The Hall–Kier alpha value is -1.84. The van der Waals surface area contributed by atoms with Crippen molar-refractivity contribution in [2.24, 2.45) is 0 Å². The van der Waals surface area contributed by atoms with Gasteiger partial charge in [-0.15, -0.1) is 0 Å². The first-order valence-electron chi connectivity index (χ1n) is 6.34. The third-order valence-electron chi connectivity index (χ3n) is 3.69. The van der Waals surface area contributed by atoms with E-state index in [0.717, 1.165) is 16.9 Å². The van der Waals surface area contributed by atoms with Crippen molar-refractivity contribution in [2.75, 3.05) is 7.11 Å². The molecule has 0 radical (unpaired) electrons. The summed E-state index contributed by atoms with van der Waals surface area (Å²) in [5, 5.41) is 0. The van der Waals surface area contributed by atoms with Crippen molar-refractivity contribution in [1.29, 1.82) is 0 Å². The van der Waals surface area contributed by atoms with Crippen molar-refractivity contribution >= 4 is 11.8 Å². The molecule has 0 spiro atoms. The van der Waals surface area contributed by atoms with Gasteiger partial charge in [0.1, 0.15) is 5.75 Å². The molecule has 2 rings (SSSR count). The first kappa shape index (κ1) is 13.6. The summed E-state index contributed by atoms with van der Waals surface area (Å²) in [6.07, 6.45) is 1.61. The fraction of sp³-hybridized carbons (Fsp3) is 0.467. The van der Waals surface area contributed by atoms with E-state index in [1.165, 1.54) is 13.8 Å². The van der Waals surface area contributed by atoms with Crippen LogP contribution in [0.1, 0.15) is 31.4 Å². The summed E-state index contributed by atoms with van der Waals surface area (Å²) in [7, 11) is 1.63. The van der Waals surface area contributed by atoms with E-state index in [4.69, 9.17) is 9.47 Å². The number of hydrogen-bond acceptors (Lipinski definition) is 4. The van der Waals surface area contributed by atoms with E-state index in [1.807, 2.05) is 18.2 Å². The summed E-state index contributed by atoms with van der Waals surface area (Å²) < 4.78 is 10.7. The van der Waals surface area contributed by atoms with Crippen molar-refractivity contribution in [3.05, 3.63) is 29.3 Å². The Morgan fingerprint density at radius 3 is 2.58 bits per heavy atom. The lowest BCUT2D eigenvalue weighted by Crippen LogP contribution is -2.46. The Balaban J connectivity index is 2.39. The Labute approximate surface area is 112 Å². The smallest absolute Gasteiger partial charge is 0.303 e. The molecule has 4 nitrogen and oxygen atoms in total. The lowest BCUT2D eigenvalue weighted by molar-refractivity contribution is -0.166. The topological polar surface area (TPSA) is 52.6 Å². The molecule has 0 saturated carbocycles. The number of carbonyl (C=O) groups is 2. The van der Waals surface area contributed by atoms with Crippen molar-refractivity contribution < 1.29 is 19.1 Å². The van der Waals surface area contributed by atoms with E-state index < -0.39 is 11.6 Å². The van der Waals surface area contributed by atoms with Gasteiger partial charge in [0.2, 0.25) is 0 Å². The minimum atomic E-state index is -1.01. The minimum absolute atomic E-state index is 0.101. The largest absolute Gasteiger partial charge is 0.496 e. The molecule has 0 amide bonds. The normalized spacial score (nSPS) is 21.4. The number of carbonyl (C=O) groups excluding carboxylic acids is 2. The number of hydrogen-bond donors (Lipinski definition) is 0. The quantitative estimate of drug-likeness (QED) is 0.783. The lowest BCUT2D eigenvalue weighted by Gasteiger charge is -2.35. The van der Waals surface area contributed by atoms with Gasteiger partial charge in [-0.3, -0.25) is 9.59 Å². The minimum Gasteiger partial charge on any atom is -0.496 e. The van der Waals surface area contributed by atoms with E-state index in [1.54, 1.807) is 7.11 Å². The molecule has 102 valence electrons. The predicted molar refractivity (Wildman–Crippen MR) is 70.2 cm³/mol. The average Bonchev–Trinajstić information content (AvgIpc) is 2.36. The van der Waals surface area contributed by atoms with Gasteiger partial charge in [0.25, 0.3) is 0 Å². The molecule has 1 aliphatic rings. The monoisotopic (exact) mass is 262 g/mol. The number of benzene rings is 1. The first-order chi connectivity index (χ1) is 8.98. The lowest BCUT2D eigenvalue weighted by atomic mass is 9.78. The van der Waals surface area contributed by atoms with Crippen molar-refractivity contribution in [3.63, 3.8) is 0 Å². The summed E-state index contributed by atoms with van der Waals surface area (Å²) in [6.45, 7) is 2.82. The fourth-order valence-electron chi connectivity index (χ4n) is 2.71. The average molecular weight is 262 g/mol. The van der Waals surface area contributed by atoms with Crippen LogP contribution in [-0.4, -0.2) is 24.5 Å². The summed E-state index contributed by atoms with van der Waals surface area (Å²) in [5.74, 6) is 0.315. The molecule has 0 heterocycles. The Bertz CT molecular complexity index is 521. The Kier molecular flexibility index (Phi) is 3.60. The van der Waals surface area contributed by atoms with Crippen LogP contribution in [0, 0.1) is 0 Å². The second-order valence-corrected chi connectivity index (χ2v) is 4.92. The SMILES string of the molecule is COc1cccc2c1CCC(OC(C)=O)(C(C)=O)C2. The zero-order valence-electron chi connectivity index (χ0n) is 11.5. The molecular weight excluding hydrogens is 244 g/mol. The molecular formula is C15H18O4. The highest BCUT2D eigenvalue weighted by Gasteiger charge is 2.42. The second-order valence-electron chi connectivity index (χ2n) is 4.92. The zero-order chi connectivity index (χ0) is 14.0. The van der Waals surface area contributed by atoms with Crippen molar-refractivity contribution in [1.82, 2.24) is 0 Å². The number of ether oxygens (including phenoxy) is 2. The molecule has 0 bridgehead atoms.